The molecule has 1 aromatic rings. The number of nitrogens with two attached hydrogens (primary N) is 1. The van der Waals surface area contributed by atoms with Gasteiger partial charge in [-0.2, -0.15) is 5.26 Å². The van der Waals surface area contributed by atoms with Gasteiger partial charge in [0, 0.05) is 12.1 Å². The second kappa shape index (κ2) is 5.76. The summed E-state index contributed by atoms with van der Waals surface area (Å²) < 4.78 is 4.88. The van der Waals surface area contributed by atoms with Crippen molar-refractivity contribution in [2.75, 3.05) is 12.3 Å². The smallest absolute Gasteiger partial charge is 0.340 e. The van der Waals surface area contributed by atoms with Gasteiger partial charge in [-0.25, -0.2) is 4.79 Å². The van der Waals surface area contributed by atoms with Crippen molar-refractivity contribution >= 4 is 11.7 Å². The molecule has 0 fully saturated rings. The second-order valence-corrected chi connectivity index (χ2v) is 3.30. The minimum Gasteiger partial charge on any atom is -0.462 e. The molecule has 16 heavy (non-hydrogen) atoms. The maximum absolute atomic E-state index is 11.5. The van der Waals surface area contributed by atoms with E-state index in [4.69, 9.17) is 15.7 Å². The number of hydrogen-bond acceptors (Lipinski definition) is 4. The summed E-state index contributed by atoms with van der Waals surface area (Å²) in [6, 6.07) is 7.22. The first-order chi connectivity index (χ1) is 7.69. The van der Waals surface area contributed by atoms with E-state index in [1.165, 1.54) is 0 Å². The lowest BCUT2D eigenvalue weighted by Gasteiger charge is -2.07. The van der Waals surface area contributed by atoms with Gasteiger partial charge in [-0.1, -0.05) is 6.07 Å². The molecule has 0 saturated carbocycles. The molecule has 0 aliphatic rings. The van der Waals surface area contributed by atoms with E-state index in [-0.39, 0.29) is 0 Å². The Morgan fingerprint density at radius 3 is 2.94 bits per heavy atom. The zero-order chi connectivity index (χ0) is 12.0. The maximum Gasteiger partial charge on any atom is 0.340 e. The zero-order valence-electron chi connectivity index (χ0n) is 9.19. The fraction of sp³-hybridized carbons (Fsp3) is 0.333. The van der Waals surface area contributed by atoms with Gasteiger partial charge in [-0.3, -0.25) is 0 Å². The Kier molecular flexibility index (Phi) is 4.34. The van der Waals surface area contributed by atoms with E-state index in [1.54, 1.807) is 19.1 Å². The van der Waals surface area contributed by atoms with Crippen molar-refractivity contribution in [3.8, 4) is 6.07 Å². The third kappa shape index (κ3) is 2.99. The highest BCUT2D eigenvalue weighted by molar-refractivity contribution is 5.95. The van der Waals surface area contributed by atoms with Crippen LogP contribution in [0.1, 0.15) is 29.3 Å². The summed E-state index contributed by atoms with van der Waals surface area (Å²) in [4.78, 5) is 11.5. The summed E-state index contributed by atoms with van der Waals surface area (Å²) in [5.41, 5.74) is 7.37. The monoisotopic (exact) mass is 218 g/mol. The van der Waals surface area contributed by atoms with Gasteiger partial charge in [-0.05, 0) is 31.0 Å². The van der Waals surface area contributed by atoms with Crippen LogP contribution in [0.3, 0.4) is 0 Å². The standard InChI is InChI=1S/C12H14N2O2/c1-2-16-12(15)10-8-9(4-3-7-13)5-6-11(10)14/h5-6,8H,2-4,14H2,1H3. The van der Waals surface area contributed by atoms with E-state index >= 15 is 0 Å². The van der Waals surface area contributed by atoms with Crippen molar-refractivity contribution in [1.82, 2.24) is 0 Å². The van der Waals surface area contributed by atoms with Gasteiger partial charge in [0.2, 0.25) is 0 Å². The number of benzene rings is 1. The number of nitrogens with zero attached hydrogens (tertiary/aromatic N) is 1. The molecule has 0 aromatic heterocycles. The number of anilines is 1. The Hall–Kier alpha value is -2.02. The van der Waals surface area contributed by atoms with Gasteiger partial charge in [0.25, 0.3) is 0 Å². The second-order valence-electron chi connectivity index (χ2n) is 3.30. The highest BCUT2D eigenvalue weighted by Crippen LogP contribution is 2.16. The topological polar surface area (TPSA) is 76.1 Å². The SMILES string of the molecule is CCOC(=O)c1cc(CCC#N)ccc1N. The van der Waals surface area contributed by atoms with Gasteiger partial charge in [0.05, 0.1) is 18.2 Å². The highest BCUT2D eigenvalue weighted by Gasteiger charge is 2.11. The summed E-state index contributed by atoms with van der Waals surface area (Å²) in [5, 5.41) is 8.48. The van der Waals surface area contributed by atoms with E-state index in [0.29, 0.717) is 30.7 Å². The normalized spacial score (nSPS) is 9.50. The van der Waals surface area contributed by atoms with Crippen molar-refractivity contribution in [3.05, 3.63) is 29.3 Å². The summed E-state index contributed by atoms with van der Waals surface area (Å²) in [7, 11) is 0. The number of nitriles is 1. The van der Waals surface area contributed by atoms with Crippen LogP contribution in [0.25, 0.3) is 0 Å². The molecule has 0 unspecified atom stereocenters. The molecule has 4 nitrogen and oxygen atoms in total. The zero-order valence-corrected chi connectivity index (χ0v) is 9.19. The Labute approximate surface area is 94.6 Å². The van der Waals surface area contributed by atoms with Crippen LogP contribution < -0.4 is 5.73 Å². The lowest BCUT2D eigenvalue weighted by molar-refractivity contribution is 0.0527. The molecule has 1 aromatic carbocycles. The molecule has 0 radical (unpaired) electrons. The number of rotatable bonds is 4. The van der Waals surface area contributed by atoms with Gasteiger partial charge in [0.15, 0.2) is 0 Å². The first kappa shape index (κ1) is 12.1. The summed E-state index contributed by atoms with van der Waals surface area (Å²) in [5.74, 6) is -0.418. The maximum atomic E-state index is 11.5. The Morgan fingerprint density at radius 1 is 1.56 bits per heavy atom. The Balaban J connectivity index is 2.90. The highest BCUT2D eigenvalue weighted by atomic mass is 16.5. The van der Waals surface area contributed by atoms with E-state index in [0.717, 1.165) is 5.56 Å². The molecule has 0 heterocycles. The third-order valence-electron chi connectivity index (χ3n) is 2.14. The predicted octanol–water partition coefficient (Wildman–Crippen LogP) is 1.90. The van der Waals surface area contributed by atoms with Gasteiger partial charge < -0.3 is 10.5 Å². The Morgan fingerprint density at radius 2 is 2.31 bits per heavy atom. The largest absolute Gasteiger partial charge is 0.462 e. The molecule has 84 valence electrons. The molecule has 4 heteroatoms. The number of hydrogen-bond donors (Lipinski definition) is 1. The quantitative estimate of drug-likeness (QED) is 0.618. The van der Waals surface area contributed by atoms with E-state index in [9.17, 15) is 4.79 Å². The predicted molar refractivity (Wildman–Crippen MR) is 60.7 cm³/mol. The van der Waals surface area contributed by atoms with E-state index in [1.807, 2.05) is 6.07 Å². The number of esters is 1. The third-order valence-corrected chi connectivity index (χ3v) is 2.14. The molecular formula is C12H14N2O2. The molecule has 0 amide bonds. The summed E-state index contributed by atoms with van der Waals surface area (Å²) in [6.07, 6.45) is 1.04. The molecular weight excluding hydrogens is 204 g/mol. The first-order valence-corrected chi connectivity index (χ1v) is 5.11. The average Bonchev–Trinajstić information content (AvgIpc) is 2.28. The Bertz CT molecular complexity index is 422. The number of nitrogen functional groups attached to an aromatic ring is 1. The first-order valence-electron chi connectivity index (χ1n) is 5.11. The van der Waals surface area contributed by atoms with Crippen molar-refractivity contribution in [1.29, 1.82) is 5.26 Å². The number of aryl methyl sites for hydroxylation is 1. The van der Waals surface area contributed by atoms with Crippen molar-refractivity contribution in [2.45, 2.75) is 19.8 Å². The molecule has 0 saturated heterocycles. The van der Waals surface area contributed by atoms with Crippen LogP contribution in [0.2, 0.25) is 0 Å². The van der Waals surface area contributed by atoms with Crippen molar-refractivity contribution < 1.29 is 9.53 Å². The molecule has 1 rings (SSSR count). The minimum absolute atomic E-state index is 0.320. The molecule has 0 aliphatic carbocycles. The van der Waals surface area contributed by atoms with Crippen molar-refractivity contribution in [2.24, 2.45) is 0 Å². The van der Waals surface area contributed by atoms with Crippen LogP contribution in [0, 0.1) is 11.3 Å². The lowest BCUT2D eigenvalue weighted by atomic mass is 10.1. The minimum atomic E-state index is -0.418. The van der Waals surface area contributed by atoms with Crippen LogP contribution >= 0.6 is 0 Å². The van der Waals surface area contributed by atoms with E-state index < -0.39 is 5.97 Å². The van der Waals surface area contributed by atoms with E-state index in [2.05, 4.69) is 6.07 Å². The number of ether oxygens (including phenoxy) is 1. The van der Waals surface area contributed by atoms with Gasteiger partial charge in [-0.15, -0.1) is 0 Å². The van der Waals surface area contributed by atoms with Crippen LogP contribution in [-0.4, -0.2) is 12.6 Å². The summed E-state index contributed by atoms with van der Waals surface area (Å²) >= 11 is 0. The van der Waals surface area contributed by atoms with Crippen LogP contribution in [0.5, 0.6) is 0 Å². The van der Waals surface area contributed by atoms with Gasteiger partial charge >= 0.3 is 5.97 Å². The lowest BCUT2D eigenvalue weighted by Crippen LogP contribution is -2.08. The fourth-order valence-electron chi connectivity index (χ4n) is 1.34. The van der Waals surface area contributed by atoms with Crippen LogP contribution in [0.15, 0.2) is 18.2 Å². The van der Waals surface area contributed by atoms with Crippen LogP contribution in [-0.2, 0) is 11.2 Å². The van der Waals surface area contributed by atoms with Crippen molar-refractivity contribution in [3.63, 3.8) is 0 Å². The number of carbonyl (C=O) groups is 1. The molecule has 0 atom stereocenters. The summed E-state index contributed by atoms with van der Waals surface area (Å²) in [6.45, 7) is 2.06. The van der Waals surface area contributed by atoms with Crippen LogP contribution in [0.4, 0.5) is 5.69 Å². The molecule has 0 aliphatic heterocycles. The molecule has 0 bridgehead atoms. The molecule has 0 spiro atoms. The fourth-order valence-corrected chi connectivity index (χ4v) is 1.34. The van der Waals surface area contributed by atoms with Gasteiger partial charge in [0.1, 0.15) is 0 Å². The molecule has 2 N–H and O–H groups in total. The number of carbonyl (C=O) groups excluding carboxylic acids is 1. The average molecular weight is 218 g/mol.